The number of benzene rings is 2. The number of fused-ring (bicyclic) bond motifs is 4. The van der Waals surface area contributed by atoms with Gasteiger partial charge in [0.25, 0.3) is 0 Å². The molecule has 0 atom stereocenters. The molecule has 36 heavy (non-hydrogen) atoms. The minimum Gasteiger partial charge on any atom is -0.477 e. The highest BCUT2D eigenvalue weighted by Gasteiger charge is 2.45. The van der Waals surface area contributed by atoms with Gasteiger partial charge in [0.15, 0.2) is 17.2 Å². The third-order valence-electron chi connectivity index (χ3n) is 7.11. The van der Waals surface area contributed by atoms with Gasteiger partial charge in [0.05, 0.1) is 18.9 Å². The van der Waals surface area contributed by atoms with Crippen molar-refractivity contribution in [3.05, 3.63) is 60.2 Å². The molecule has 2 fully saturated rings. The fourth-order valence-corrected chi connectivity index (χ4v) is 5.14. The predicted octanol–water partition coefficient (Wildman–Crippen LogP) is 4.22. The van der Waals surface area contributed by atoms with Gasteiger partial charge in [0, 0.05) is 67.7 Å². The van der Waals surface area contributed by atoms with Crippen molar-refractivity contribution in [1.29, 1.82) is 0 Å². The van der Waals surface area contributed by atoms with E-state index >= 15 is 0 Å². The molecule has 0 radical (unpaired) electrons. The number of hydrogen-bond acceptors (Lipinski definition) is 7. The lowest BCUT2D eigenvalue weighted by molar-refractivity contribution is -0.0558. The summed E-state index contributed by atoms with van der Waals surface area (Å²) in [4.78, 5) is 24.1. The number of carbonyl (C=O) groups is 1. The van der Waals surface area contributed by atoms with Gasteiger partial charge in [-0.2, -0.15) is 0 Å². The summed E-state index contributed by atoms with van der Waals surface area (Å²) >= 11 is 0. The molecular weight excluding hydrogens is 465 g/mol. The van der Waals surface area contributed by atoms with Crippen molar-refractivity contribution < 1.29 is 23.8 Å². The Hall–Kier alpha value is -3.92. The number of hydrogen-bond donors (Lipinski definition) is 2. The van der Waals surface area contributed by atoms with Gasteiger partial charge in [0.1, 0.15) is 0 Å². The van der Waals surface area contributed by atoms with E-state index in [0.717, 1.165) is 22.6 Å². The van der Waals surface area contributed by atoms with Crippen LogP contribution in [0.5, 0.6) is 5.75 Å². The van der Waals surface area contributed by atoms with E-state index in [9.17, 15) is 9.18 Å². The molecule has 186 valence electrons. The highest BCUT2D eigenvalue weighted by Crippen LogP contribution is 2.49. The zero-order valence-electron chi connectivity index (χ0n) is 19.6. The van der Waals surface area contributed by atoms with Crippen LogP contribution in [0.1, 0.15) is 18.5 Å². The first kappa shape index (κ1) is 22.5. The molecule has 1 spiro atoms. The Morgan fingerprint density at radius 1 is 1.03 bits per heavy atom. The fraction of sp³-hybridized carbons (Fsp3) is 0.346. The Balaban J connectivity index is 1.25. The first-order valence-corrected chi connectivity index (χ1v) is 12.1. The zero-order chi connectivity index (χ0) is 24.7. The molecule has 2 aromatic carbocycles. The molecule has 10 heteroatoms. The van der Waals surface area contributed by atoms with Gasteiger partial charge in [-0.15, -0.1) is 0 Å². The van der Waals surface area contributed by atoms with Crippen LogP contribution in [-0.2, 0) is 10.3 Å². The standard InChI is InChI=1S/C26H26FN5O4/c27-21-3-1-2-19-20-16-28-24(30-23(20)26(36-22(19)21)8-14-35-15-9-26)29-17-4-6-18(7-5-17)31-10-12-32(13-11-31)25(33)34/h1-7,16H,8-15H2,(H,33,34)(H,28,29,30). The number of halogens is 1. The zero-order valence-corrected chi connectivity index (χ0v) is 19.6. The van der Waals surface area contributed by atoms with Crippen LogP contribution < -0.4 is 15.0 Å². The predicted molar refractivity (Wildman–Crippen MR) is 131 cm³/mol. The van der Waals surface area contributed by atoms with Gasteiger partial charge in [-0.05, 0) is 30.3 Å². The maximum Gasteiger partial charge on any atom is 0.407 e. The van der Waals surface area contributed by atoms with Crippen molar-refractivity contribution in [3.63, 3.8) is 0 Å². The lowest BCUT2D eigenvalue weighted by Crippen LogP contribution is -2.48. The number of nitrogens with one attached hydrogen (secondary N) is 1. The summed E-state index contributed by atoms with van der Waals surface area (Å²) in [6.45, 7) is 3.30. The molecule has 6 rings (SSSR count). The SMILES string of the molecule is O=C(O)N1CCN(c2ccc(Nc3ncc4c(n3)C3(CCOCC3)Oc3c(F)cccc3-4)cc2)CC1. The van der Waals surface area contributed by atoms with Crippen LogP contribution >= 0.6 is 0 Å². The quantitative estimate of drug-likeness (QED) is 0.562. The Bertz CT molecular complexity index is 1290. The highest BCUT2D eigenvalue weighted by molar-refractivity contribution is 5.76. The number of aromatic nitrogens is 2. The molecular formula is C26H26FN5O4. The number of rotatable bonds is 3. The summed E-state index contributed by atoms with van der Waals surface area (Å²) in [5, 5.41) is 12.4. The van der Waals surface area contributed by atoms with E-state index in [4.69, 9.17) is 19.6 Å². The molecule has 0 bridgehead atoms. The summed E-state index contributed by atoms with van der Waals surface area (Å²) in [6, 6.07) is 12.8. The third kappa shape index (κ3) is 3.97. The van der Waals surface area contributed by atoms with E-state index in [1.165, 1.54) is 11.0 Å². The van der Waals surface area contributed by atoms with E-state index in [-0.39, 0.29) is 5.75 Å². The van der Waals surface area contributed by atoms with Crippen molar-refractivity contribution in [3.8, 4) is 16.9 Å². The molecule has 3 aromatic rings. The summed E-state index contributed by atoms with van der Waals surface area (Å²) in [7, 11) is 0. The monoisotopic (exact) mass is 491 g/mol. The van der Waals surface area contributed by atoms with Crippen LogP contribution in [0.2, 0.25) is 0 Å². The lowest BCUT2D eigenvalue weighted by Gasteiger charge is -2.41. The number of anilines is 3. The van der Waals surface area contributed by atoms with Gasteiger partial charge < -0.3 is 29.7 Å². The molecule has 1 aromatic heterocycles. The molecule has 3 aliphatic rings. The first-order valence-electron chi connectivity index (χ1n) is 12.1. The van der Waals surface area contributed by atoms with Gasteiger partial charge in [-0.3, -0.25) is 0 Å². The molecule has 4 heterocycles. The van der Waals surface area contributed by atoms with E-state index < -0.39 is 17.5 Å². The summed E-state index contributed by atoms with van der Waals surface area (Å²) in [5.41, 5.74) is 3.27. The topological polar surface area (TPSA) is 100 Å². The second-order valence-electron chi connectivity index (χ2n) is 9.21. The average Bonchev–Trinajstić information content (AvgIpc) is 2.91. The average molecular weight is 492 g/mol. The van der Waals surface area contributed by atoms with Crippen LogP contribution in [0.4, 0.5) is 26.5 Å². The molecule has 1 amide bonds. The second kappa shape index (κ2) is 8.94. The number of piperazine rings is 1. The molecule has 9 nitrogen and oxygen atoms in total. The van der Waals surface area contributed by atoms with Gasteiger partial charge in [-0.25, -0.2) is 19.2 Å². The molecule has 3 aliphatic heterocycles. The molecule has 2 saturated heterocycles. The van der Waals surface area contributed by atoms with Crippen molar-refractivity contribution in [1.82, 2.24) is 14.9 Å². The molecule has 0 saturated carbocycles. The van der Waals surface area contributed by atoms with Crippen molar-refractivity contribution in [2.45, 2.75) is 18.4 Å². The van der Waals surface area contributed by atoms with Crippen LogP contribution in [0.15, 0.2) is 48.7 Å². The van der Waals surface area contributed by atoms with Crippen molar-refractivity contribution in [2.24, 2.45) is 0 Å². The van der Waals surface area contributed by atoms with E-state index in [2.05, 4.69) is 15.2 Å². The summed E-state index contributed by atoms with van der Waals surface area (Å²) in [5.74, 6) is 0.289. The van der Waals surface area contributed by atoms with E-state index in [1.54, 1.807) is 12.3 Å². The maximum atomic E-state index is 14.7. The highest BCUT2D eigenvalue weighted by atomic mass is 19.1. The van der Waals surface area contributed by atoms with E-state index in [1.807, 2.05) is 30.3 Å². The molecule has 2 N–H and O–H groups in total. The van der Waals surface area contributed by atoms with Crippen LogP contribution in [0.3, 0.4) is 0 Å². The van der Waals surface area contributed by atoms with Gasteiger partial charge >= 0.3 is 6.09 Å². The smallest absolute Gasteiger partial charge is 0.407 e. The van der Waals surface area contributed by atoms with E-state index in [0.29, 0.717) is 63.7 Å². The van der Waals surface area contributed by atoms with Crippen LogP contribution in [0.25, 0.3) is 11.1 Å². The van der Waals surface area contributed by atoms with Gasteiger partial charge in [-0.1, -0.05) is 12.1 Å². The number of carboxylic acid groups (broad SMARTS) is 1. The van der Waals surface area contributed by atoms with Crippen molar-refractivity contribution >= 4 is 23.4 Å². The summed E-state index contributed by atoms with van der Waals surface area (Å²) < 4.78 is 26.5. The Kier molecular flexibility index (Phi) is 5.60. The largest absolute Gasteiger partial charge is 0.477 e. The lowest BCUT2D eigenvalue weighted by atomic mass is 9.83. The minimum atomic E-state index is -0.874. The number of ether oxygens (including phenoxy) is 2. The Labute approximate surface area is 207 Å². The number of nitrogens with zero attached hydrogens (tertiary/aromatic N) is 4. The molecule has 0 unspecified atom stereocenters. The number of amides is 1. The Morgan fingerprint density at radius 3 is 2.50 bits per heavy atom. The van der Waals surface area contributed by atoms with Crippen LogP contribution in [-0.4, -0.2) is 65.5 Å². The fourth-order valence-electron chi connectivity index (χ4n) is 5.14. The van der Waals surface area contributed by atoms with Crippen LogP contribution in [0, 0.1) is 5.82 Å². The normalized spacial score (nSPS) is 18.2. The second-order valence-corrected chi connectivity index (χ2v) is 9.21. The maximum absolute atomic E-state index is 14.7. The number of para-hydroxylation sites is 1. The van der Waals surface area contributed by atoms with Gasteiger partial charge in [0.2, 0.25) is 5.95 Å². The first-order chi connectivity index (χ1) is 17.5. The summed E-state index contributed by atoms with van der Waals surface area (Å²) in [6.07, 6.45) is 2.02. The molecule has 0 aliphatic carbocycles. The van der Waals surface area contributed by atoms with Crippen molar-refractivity contribution in [2.75, 3.05) is 49.6 Å². The Morgan fingerprint density at radius 2 is 1.78 bits per heavy atom. The minimum absolute atomic E-state index is 0.246. The third-order valence-corrected chi connectivity index (χ3v) is 7.11.